The second-order valence-corrected chi connectivity index (χ2v) is 7.17. The van der Waals surface area contributed by atoms with E-state index in [4.69, 9.17) is 4.74 Å². The number of ether oxygens (including phenoxy) is 1. The van der Waals surface area contributed by atoms with Crippen molar-refractivity contribution in [1.29, 1.82) is 0 Å². The van der Waals surface area contributed by atoms with Gasteiger partial charge in [-0.3, -0.25) is 9.47 Å². The van der Waals surface area contributed by atoms with Gasteiger partial charge < -0.3 is 19.8 Å². The minimum Gasteiger partial charge on any atom is -0.373 e. The molecule has 2 fully saturated rings. The van der Waals surface area contributed by atoms with Gasteiger partial charge in [-0.2, -0.15) is 0 Å². The van der Waals surface area contributed by atoms with Gasteiger partial charge in [0.1, 0.15) is 0 Å². The van der Waals surface area contributed by atoms with Crippen molar-refractivity contribution in [3.8, 4) is 0 Å². The van der Waals surface area contributed by atoms with E-state index in [-0.39, 0.29) is 5.82 Å². The first kappa shape index (κ1) is 17.2. The molecule has 3 heterocycles. The van der Waals surface area contributed by atoms with E-state index in [0.717, 1.165) is 45.6 Å². The van der Waals surface area contributed by atoms with Crippen LogP contribution in [0.25, 0.3) is 0 Å². The smallest absolute Gasteiger partial charge is 0.373 e. The zero-order valence-corrected chi connectivity index (χ0v) is 14.7. The zero-order valence-electron chi connectivity index (χ0n) is 14.7. The van der Waals surface area contributed by atoms with Gasteiger partial charge in [0.15, 0.2) is 0 Å². The molecular weight excluding hydrogens is 310 g/mol. The second-order valence-electron chi connectivity index (χ2n) is 7.17. The third-order valence-electron chi connectivity index (χ3n) is 4.99. The molecule has 8 heteroatoms. The van der Waals surface area contributed by atoms with E-state index < -0.39 is 4.92 Å². The molecule has 134 valence electrons. The summed E-state index contributed by atoms with van der Waals surface area (Å²) >= 11 is 0. The van der Waals surface area contributed by atoms with Crippen molar-refractivity contribution in [3.63, 3.8) is 0 Å². The van der Waals surface area contributed by atoms with Crippen molar-refractivity contribution in [2.45, 2.75) is 38.9 Å². The van der Waals surface area contributed by atoms with Crippen molar-refractivity contribution in [2.24, 2.45) is 13.0 Å². The Hall–Kier alpha value is -1.67. The summed E-state index contributed by atoms with van der Waals surface area (Å²) in [5.74, 6) is 1.24. The molecule has 0 bridgehead atoms. The lowest BCUT2D eigenvalue weighted by atomic mass is 9.95. The first-order valence-corrected chi connectivity index (χ1v) is 8.72. The van der Waals surface area contributed by atoms with Gasteiger partial charge in [-0.25, -0.2) is 0 Å². The number of aryl methyl sites for hydroxylation is 1. The first-order valence-electron chi connectivity index (χ1n) is 8.72. The van der Waals surface area contributed by atoms with Crippen LogP contribution in [-0.4, -0.2) is 64.3 Å². The summed E-state index contributed by atoms with van der Waals surface area (Å²) in [6.07, 6.45) is 4.23. The summed E-state index contributed by atoms with van der Waals surface area (Å²) in [5.41, 5.74) is 0. The molecule has 2 atom stereocenters. The highest BCUT2D eigenvalue weighted by Gasteiger charge is 2.30. The first-order chi connectivity index (χ1) is 11.4. The number of anilines is 1. The summed E-state index contributed by atoms with van der Waals surface area (Å²) in [6.45, 7) is 9.05. The molecule has 0 saturated carbocycles. The number of nitro groups is 1. The number of nitrogens with zero attached hydrogens (tertiary/aromatic N) is 5. The molecule has 24 heavy (non-hydrogen) atoms. The van der Waals surface area contributed by atoms with E-state index in [9.17, 15) is 10.1 Å². The molecule has 1 aromatic rings. The van der Waals surface area contributed by atoms with Crippen LogP contribution in [0.15, 0.2) is 6.33 Å². The van der Waals surface area contributed by atoms with Crippen LogP contribution < -0.4 is 4.90 Å². The van der Waals surface area contributed by atoms with Gasteiger partial charge in [-0.05, 0) is 42.5 Å². The molecule has 2 aliphatic rings. The van der Waals surface area contributed by atoms with Crippen LogP contribution in [0.3, 0.4) is 0 Å². The third-order valence-corrected chi connectivity index (χ3v) is 4.99. The molecule has 1 aromatic heterocycles. The molecule has 2 unspecified atom stereocenters. The fourth-order valence-corrected chi connectivity index (χ4v) is 4.03. The molecule has 0 amide bonds. The van der Waals surface area contributed by atoms with Crippen LogP contribution in [0, 0.1) is 16.0 Å². The molecule has 2 aliphatic heterocycles. The summed E-state index contributed by atoms with van der Waals surface area (Å²) in [7, 11) is 1.82. The van der Waals surface area contributed by atoms with Gasteiger partial charge in [0, 0.05) is 39.8 Å². The van der Waals surface area contributed by atoms with Gasteiger partial charge in [-0.15, -0.1) is 0 Å². The van der Waals surface area contributed by atoms with Gasteiger partial charge in [0.25, 0.3) is 0 Å². The molecule has 8 nitrogen and oxygen atoms in total. The van der Waals surface area contributed by atoms with Crippen LogP contribution in [0.4, 0.5) is 11.6 Å². The molecular formula is C16H27N5O3. The quantitative estimate of drug-likeness (QED) is 0.614. The molecule has 0 radical (unpaired) electrons. The Bertz CT molecular complexity index is 572. The third kappa shape index (κ3) is 3.70. The molecule has 3 rings (SSSR count). The monoisotopic (exact) mass is 337 g/mol. The van der Waals surface area contributed by atoms with Crippen molar-refractivity contribution in [2.75, 3.05) is 37.6 Å². The van der Waals surface area contributed by atoms with E-state index in [1.54, 1.807) is 4.57 Å². The fourth-order valence-electron chi connectivity index (χ4n) is 4.03. The summed E-state index contributed by atoms with van der Waals surface area (Å²) in [5, 5.41) is 11.2. The van der Waals surface area contributed by atoms with E-state index in [1.165, 1.54) is 6.33 Å². The van der Waals surface area contributed by atoms with Crippen LogP contribution in [0.5, 0.6) is 0 Å². The predicted octanol–water partition coefficient (Wildman–Crippen LogP) is 1.65. The molecule has 0 spiro atoms. The number of rotatable bonds is 4. The van der Waals surface area contributed by atoms with E-state index in [0.29, 0.717) is 23.9 Å². The fraction of sp³-hybridized carbons (Fsp3) is 0.812. The molecule has 2 saturated heterocycles. The minimum absolute atomic E-state index is 0.0354. The Balaban J connectivity index is 1.56. The number of piperidine rings is 1. The van der Waals surface area contributed by atoms with Gasteiger partial charge in [-0.1, -0.05) is 0 Å². The van der Waals surface area contributed by atoms with Gasteiger partial charge in [0.2, 0.25) is 12.1 Å². The highest BCUT2D eigenvalue weighted by atomic mass is 16.6. The summed E-state index contributed by atoms with van der Waals surface area (Å²) < 4.78 is 7.55. The maximum Gasteiger partial charge on any atom is 0.406 e. The lowest BCUT2D eigenvalue weighted by Gasteiger charge is -2.39. The van der Waals surface area contributed by atoms with Gasteiger partial charge >= 0.3 is 5.82 Å². The highest BCUT2D eigenvalue weighted by molar-refractivity contribution is 5.54. The van der Waals surface area contributed by atoms with E-state index in [1.807, 2.05) is 7.05 Å². The molecule has 0 aromatic carbocycles. The van der Waals surface area contributed by atoms with Crippen LogP contribution in [0.2, 0.25) is 0 Å². The average Bonchev–Trinajstić information content (AvgIpc) is 2.89. The standard InChI is InChI=1S/C16H27N5O3/c1-12-8-19(9-13(2)24-12)10-14-4-6-20(7-5-14)16-15(21(22)23)17-11-18(16)3/h11-14H,4-10H2,1-3H3. The Morgan fingerprint density at radius 1 is 1.29 bits per heavy atom. The Morgan fingerprint density at radius 3 is 2.50 bits per heavy atom. The van der Waals surface area contributed by atoms with E-state index >= 15 is 0 Å². The van der Waals surface area contributed by atoms with Crippen molar-refractivity contribution in [1.82, 2.24) is 14.5 Å². The van der Waals surface area contributed by atoms with Crippen LogP contribution in [0.1, 0.15) is 26.7 Å². The SMILES string of the molecule is CC1CN(CC2CCN(c3c([N+](=O)[O-])ncn3C)CC2)CC(C)O1. The second kappa shape index (κ2) is 7.06. The largest absolute Gasteiger partial charge is 0.406 e. The summed E-state index contributed by atoms with van der Waals surface area (Å²) in [6, 6.07) is 0. The zero-order chi connectivity index (χ0) is 17.3. The van der Waals surface area contributed by atoms with E-state index in [2.05, 4.69) is 28.6 Å². The summed E-state index contributed by atoms with van der Waals surface area (Å²) in [4.78, 5) is 19.3. The minimum atomic E-state index is -0.391. The van der Waals surface area contributed by atoms with Gasteiger partial charge in [0.05, 0.1) is 12.2 Å². The lowest BCUT2D eigenvalue weighted by molar-refractivity contribution is -0.388. The Kier molecular flexibility index (Phi) is 5.05. The number of hydrogen-bond donors (Lipinski definition) is 0. The number of hydrogen-bond acceptors (Lipinski definition) is 6. The van der Waals surface area contributed by atoms with Crippen LogP contribution in [-0.2, 0) is 11.8 Å². The maximum atomic E-state index is 11.2. The average molecular weight is 337 g/mol. The number of morpholine rings is 1. The lowest BCUT2D eigenvalue weighted by Crippen LogP contribution is -2.48. The topological polar surface area (TPSA) is 76.7 Å². The molecule has 0 N–H and O–H groups in total. The normalized spacial score (nSPS) is 26.7. The van der Waals surface area contributed by atoms with Crippen LogP contribution >= 0.6 is 0 Å². The Labute approximate surface area is 142 Å². The number of imidazole rings is 1. The molecule has 0 aliphatic carbocycles. The number of aromatic nitrogens is 2. The predicted molar refractivity (Wildman–Crippen MR) is 91.2 cm³/mol. The maximum absolute atomic E-state index is 11.2. The highest BCUT2D eigenvalue weighted by Crippen LogP contribution is 2.30. The van der Waals surface area contributed by atoms with Crippen molar-refractivity contribution < 1.29 is 9.66 Å². The Morgan fingerprint density at radius 2 is 1.92 bits per heavy atom. The van der Waals surface area contributed by atoms with Crippen molar-refractivity contribution in [3.05, 3.63) is 16.4 Å². The van der Waals surface area contributed by atoms with Crippen molar-refractivity contribution >= 4 is 11.6 Å².